The molecule has 1 aromatic carbocycles. The number of hydrogen-bond donors (Lipinski definition) is 2. The highest BCUT2D eigenvalue weighted by Crippen LogP contribution is 2.30. The van der Waals surface area contributed by atoms with E-state index in [4.69, 9.17) is 16.7 Å². The van der Waals surface area contributed by atoms with Crippen LogP contribution < -0.4 is 5.32 Å². The maximum atomic E-state index is 13.0. The van der Waals surface area contributed by atoms with Crippen molar-refractivity contribution in [2.45, 2.75) is 19.9 Å². The smallest absolute Gasteiger partial charge is 0.317 e. The van der Waals surface area contributed by atoms with Gasteiger partial charge < -0.3 is 15.3 Å². The van der Waals surface area contributed by atoms with E-state index in [0.717, 1.165) is 0 Å². The number of amides is 2. The third kappa shape index (κ3) is 3.44. The molecule has 2 amide bonds. The van der Waals surface area contributed by atoms with Gasteiger partial charge in [-0.1, -0.05) is 17.7 Å². The zero-order chi connectivity index (χ0) is 15.6. The molecule has 1 saturated heterocycles. The van der Waals surface area contributed by atoms with Crippen LogP contribution in [0.1, 0.15) is 18.9 Å². The van der Waals surface area contributed by atoms with E-state index in [0.29, 0.717) is 18.5 Å². The lowest BCUT2D eigenvalue weighted by Crippen LogP contribution is -2.40. The minimum Gasteiger partial charge on any atom is -0.481 e. The molecule has 1 aliphatic heterocycles. The van der Waals surface area contributed by atoms with Crippen LogP contribution in [0.15, 0.2) is 18.2 Å². The summed E-state index contributed by atoms with van der Waals surface area (Å²) < 4.78 is 13.0. The molecule has 0 spiro atoms. The van der Waals surface area contributed by atoms with Gasteiger partial charge in [-0.15, -0.1) is 0 Å². The largest absolute Gasteiger partial charge is 0.481 e. The van der Waals surface area contributed by atoms with Crippen molar-refractivity contribution in [2.75, 3.05) is 13.1 Å². The van der Waals surface area contributed by atoms with E-state index in [-0.39, 0.29) is 24.1 Å². The third-order valence-electron chi connectivity index (χ3n) is 3.70. The number of aliphatic carboxylic acids is 1. The summed E-state index contributed by atoms with van der Waals surface area (Å²) >= 11 is 5.67. The fourth-order valence-electron chi connectivity index (χ4n) is 2.25. The molecule has 0 aliphatic carbocycles. The van der Waals surface area contributed by atoms with Crippen LogP contribution in [0.2, 0.25) is 5.02 Å². The summed E-state index contributed by atoms with van der Waals surface area (Å²) in [6.07, 6.45) is 0.429. The van der Waals surface area contributed by atoms with Crippen molar-refractivity contribution in [3.05, 3.63) is 34.6 Å². The van der Waals surface area contributed by atoms with Crippen LogP contribution in [-0.4, -0.2) is 35.1 Å². The van der Waals surface area contributed by atoms with E-state index in [1.807, 2.05) is 0 Å². The number of carboxylic acids is 1. The predicted octanol–water partition coefficient (Wildman–Crippen LogP) is 2.49. The van der Waals surface area contributed by atoms with Crippen LogP contribution in [-0.2, 0) is 11.3 Å². The second kappa shape index (κ2) is 5.89. The summed E-state index contributed by atoms with van der Waals surface area (Å²) in [5.41, 5.74) is -0.216. The number of benzene rings is 1. The Kier molecular flexibility index (Phi) is 4.37. The fraction of sp³-hybridized carbons (Fsp3) is 0.429. The van der Waals surface area contributed by atoms with E-state index in [2.05, 4.69) is 5.32 Å². The topological polar surface area (TPSA) is 69.6 Å². The van der Waals surface area contributed by atoms with Crippen LogP contribution >= 0.6 is 11.6 Å². The molecule has 1 unspecified atom stereocenters. The summed E-state index contributed by atoms with van der Waals surface area (Å²) in [6.45, 7) is 2.42. The first-order valence-corrected chi connectivity index (χ1v) is 6.90. The molecule has 7 heteroatoms. The van der Waals surface area contributed by atoms with Crippen molar-refractivity contribution in [3.63, 3.8) is 0 Å². The van der Waals surface area contributed by atoms with Crippen LogP contribution in [0.4, 0.5) is 9.18 Å². The summed E-state index contributed by atoms with van der Waals surface area (Å²) in [4.78, 5) is 24.6. The molecule has 1 heterocycles. The van der Waals surface area contributed by atoms with Crippen molar-refractivity contribution in [2.24, 2.45) is 5.41 Å². The average Bonchev–Trinajstić information content (AvgIpc) is 2.84. The Bertz CT molecular complexity index is 581. The monoisotopic (exact) mass is 314 g/mol. The van der Waals surface area contributed by atoms with Gasteiger partial charge in [-0.2, -0.15) is 0 Å². The van der Waals surface area contributed by atoms with Gasteiger partial charge in [-0.3, -0.25) is 4.79 Å². The molecular weight excluding hydrogens is 299 g/mol. The molecule has 0 aromatic heterocycles. The van der Waals surface area contributed by atoms with Gasteiger partial charge in [0.2, 0.25) is 0 Å². The van der Waals surface area contributed by atoms with Gasteiger partial charge >= 0.3 is 12.0 Å². The Balaban J connectivity index is 1.91. The van der Waals surface area contributed by atoms with Crippen LogP contribution in [0, 0.1) is 11.2 Å². The molecular formula is C14H16ClFN2O3. The SMILES string of the molecule is CC1(C(=O)O)CCN(C(=O)NCc2ccc(F)c(Cl)c2)C1. The van der Waals surface area contributed by atoms with Crippen LogP contribution in [0.3, 0.4) is 0 Å². The molecule has 114 valence electrons. The first kappa shape index (κ1) is 15.6. The molecule has 21 heavy (non-hydrogen) atoms. The summed E-state index contributed by atoms with van der Waals surface area (Å²) in [7, 11) is 0. The second-order valence-corrected chi connectivity index (χ2v) is 5.85. The number of nitrogens with one attached hydrogen (secondary N) is 1. The number of rotatable bonds is 3. The van der Waals surface area contributed by atoms with E-state index in [9.17, 15) is 14.0 Å². The number of likely N-dealkylation sites (tertiary alicyclic amines) is 1. The molecule has 1 aliphatic rings. The zero-order valence-electron chi connectivity index (χ0n) is 11.5. The number of halogens is 2. The standard InChI is InChI=1S/C14H16ClFN2O3/c1-14(12(19)20)4-5-18(8-14)13(21)17-7-9-2-3-11(16)10(15)6-9/h2-3,6H,4-5,7-8H2,1H3,(H,17,21)(H,19,20). The number of urea groups is 1. The first-order chi connectivity index (χ1) is 9.82. The summed E-state index contributed by atoms with van der Waals surface area (Å²) in [5, 5.41) is 11.8. The van der Waals surface area contributed by atoms with Gasteiger partial charge in [0.15, 0.2) is 0 Å². The van der Waals surface area contributed by atoms with Gasteiger partial charge in [0.1, 0.15) is 5.82 Å². The molecule has 1 fully saturated rings. The molecule has 1 atom stereocenters. The molecule has 1 aromatic rings. The van der Waals surface area contributed by atoms with Crippen LogP contribution in [0.25, 0.3) is 0 Å². The lowest BCUT2D eigenvalue weighted by Gasteiger charge is -2.20. The Morgan fingerprint density at radius 3 is 2.81 bits per heavy atom. The van der Waals surface area contributed by atoms with Gasteiger partial charge in [-0.05, 0) is 31.0 Å². The highest BCUT2D eigenvalue weighted by Gasteiger charge is 2.42. The Morgan fingerprint density at radius 1 is 1.52 bits per heavy atom. The molecule has 0 bridgehead atoms. The van der Waals surface area contributed by atoms with Crippen molar-refractivity contribution in [1.29, 1.82) is 0 Å². The van der Waals surface area contributed by atoms with E-state index in [1.165, 1.54) is 23.1 Å². The quantitative estimate of drug-likeness (QED) is 0.900. The number of carbonyl (C=O) groups is 2. The van der Waals surface area contributed by atoms with E-state index in [1.54, 1.807) is 6.92 Å². The highest BCUT2D eigenvalue weighted by atomic mass is 35.5. The number of nitrogens with zero attached hydrogens (tertiary/aromatic N) is 1. The van der Waals surface area contributed by atoms with Crippen molar-refractivity contribution >= 4 is 23.6 Å². The van der Waals surface area contributed by atoms with Crippen molar-refractivity contribution in [1.82, 2.24) is 10.2 Å². The number of carboxylic acid groups (broad SMARTS) is 1. The lowest BCUT2D eigenvalue weighted by molar-refractivity contribution is -0.146. The predicted molar refractivity (Wildman–Crippen MR) is 75.6 cm³/mol. The number of carbonyl (C=O) groups excluding carboxylic acids is 1. The Labute approximate surface area is 126 Å². The molecule has 0 saturated carbocycles. The molecule has 5 nitrogen and oxygen atoms in total. The molecule has 2 rings (SSSR count). The first-order valence-electron chi connectivity index (χ1n) is 6.52. The Morgan fingerprint density at radius 2 is 2.24 bits per heavy atom. The summed E-state index contributed by atoms with van der Waals surface area (Å²) in [6, 6.07) is 3.89. The molecule has 0 radical (unpaired) electrons. The van der Waals surface area contributed by atoms with Gasteiger partial charge in [-0.25, -0.2) is 9.18 Å². The Hall–Kier alpha value is -1.82. The van der Waals surface area contributed by atoms with Crippen molar-refractivity contribution in [3.8, 4) is 0 Å². The lowest BCUT2D eigenvalue weighted by atomic mass is 9.90. The van der Waals surface area contributed by atoms with Crippen LogP contribution in [0.5, 0.6) is 0 Å². The molecule has 2 N–H and O–H groups in total. The van der Waals surface area contributed by atoms with E-state index < -0.39 is 17.2 Å². The minimum absolute atomic E-state index is 0.00127. The third-order valence-corrected chi connectivity index (χ3v) is 3.99. The van der Waals surface area contributed by atoms with Gasteiger partial charge in [0, 0.05) is 19.6 Å². The van der Waals surface area contributed by atoms with E-state index >= 15 is 0 Å². The normalized spacial score (nSPS) is 21.4. The zero-order valence-corrected chi connectivity index (χ0v) is 12.3. The fourth-order valence-corrected chi connectivity index (χ4v) is 2.45. The average molecular weight is 315 g/mol. The second-order valence-electron chi connectivity index (χ2n) is 5.44. The maximum absolute atomic E-state index is 13.0. The minimum atomic E-state index is -0.900. The van der Waals surface area contributed by atoms with Crippen molar-refractivity contribution < 1.29 is 19.1 Å². The summed E-state index contributed by atoms with van der Waals surface area (Å²) in [5.74, 6) is -1.41. The highest BCUT2D eigenvalue weighted by molar-refractivity contribution is 6.30. The van der Waals surface area contributed by atoms with Gasteiger partial charge in [0.05, 0.1) is 10.4 Å². The van der Waals surface area contributed by atoms with Gasteiger partial charge in [0.25, 0.3) is 0 Å². The number of hydrogen-bond acceptors (Lipinski definition) is 2. The maximum Gasteiger partial charge on any atom is 0.317 e.